The van der Waals surface area contributed by atoms with Gasteiger partial charge in [0.1, 0.15) is 0 Å². The minimum atomic E-state index is -3.75. The normalized spacial score (nSPS) is 19.0. The van der Waals surface area contributed by atoms with Crippen LogP contribution in [0.1, 0.15) is 41.9 Å². The van der Waals surface area contributed by atoms with E-state index in [-0.39, 0.29) is 10.8 Å². The molecule has 7 nitrogen and oxygen atoms in total. The number of piperidine rings is 1. The molecule has 1 aliphatic rings. The highest BCUT2D eigenvalue weighted by Crippen LogP contribution is 2.24. The van der Waals surface area contributed by atoms with E-state index < -0.39 is 10.0 Å². The molecular weight excluding hydrogens is 468 g/mol. The zero-order valence-electron chi connectivity index (χ0n) is 19.6. The van der Waals surface area contributed by atoms with E-state index in [9.17, 15) is 13.2 Å². The third kappa shape index (κ3) is 6.02. The van der Waals surface area contributed by atoms with Crippen LogP contribution in [0.4, 0.5) is 10.8 Å². The zero-order valence-corrected chi connectivity index (χ0v) is 21.2. The van der Waals surface area contributed by atoms with E-state index in [0.717, 1.165) is 30.9 Å². The molecule has 0 saturated carbocycles. The van der Waals surface area contributed by atoms with Gasteiger partial charge in [-0.1, -0.05) is 32.0 Å². The van der Waals surface area contributed by atoms with Crippen molar-refractivity contribution in [1.29, 1.82) is 0 Å². The number of benzene rings is 2. The van der Waals surface area contributed by atoms with Gasteiger partial charge in [0.25, 0.3) is 15.9 Å². The lowest BCUT2D eigenvalue weighted by Gasteiger charge is -2.34. The van der Waals surface area contributed by atoms with E-state index in [1.165, 1.54) is 42.0 Å². The molecule has 1 aliphatic heterocycles. The molecule has 3 aromatic rings. The quantitative estimate of drug-likeness (QED) is 0.479. The van der Waals surface area contributed by atoms with Crippen molar-refractivity contribution in [2.45, 2.75) is 38.6 Å². The Morgan fingerprint density at radius 3 is 2.44 bits per heavy atom. The zero-order chi connectivity index (χ0) is 24.3. The van der Waals surface area contributed by atoms with E-state index in [1.807, 2.05) is 24.4 Å². The smallest absolute Gasteiger partial charge is 0.261 e. The van der Waals surface area contributed by atoms with Gasteiger partial charge in [-0.3, -0.25) is 19.7 Å². The summed E-state index contributed by atoms with van der Waals surface area (Å²) in [6.07, 6.45) is 1.26. The molecule has 0 radical (unpaired) electrons. The second-order valence-electron chi connectivity index (χ2n) is 9.18. The van der Waals surface area contributed by atoms with Gasteiger partial charge < -0.3 is 0 Å². The van der Waals surface area contributed by atoms with Crippen LogP contribution in [0, 0.1) is 18.8 Å². The van der Waals surface area contributed by atoms with Crippen molar-refractivity contribution in [1.82, 2.24) is 9.88 Å². The Morgan fingerprint density at radius 2 is 1.76 bits per heavy atom. The first-order valence-corrected chi connectivity index (χ1v) is 13.7. The summed E-state index contributed by atoms with van der Waals surface area (Å²) in [6.45, 7) is 9.31. The van der Waals surface area contributed by atoms with Crippen LogP contribution in [0.3, 0.4) is 0 Å². The maximum Gasteiger partial charge on any atom is 0.261 e. The molecule has 0 aliphatic carbocycles. The Morgan fingerprint density at radius 1 is 1.09 bits per heavy atom. The van der Waals surface area contributed by atoms with Crippen LogP contribution in [0.25, 0.3) is 0 Å². The Bertz CT molecular complexity index is 1250. The van der Waals surface area contributed by atoms with Crippen molar-refractivity contribution in [2.75, 3.05) is 23.1 Å². The van der Waals surface area contributed by atoms with Gasteiger partial charge in [0.05, 0.1) is 16.3 Å². The van der Waals surface area contributed by atoms with E-state index in [2.05, 4.69) is 33.8 Å². The first-order valence-electron chi connectivity index (χ1n) is 11.4. The van der Waals surface area contributed by atoms with E-state index >= 15 is 0 Å². The molecule has 4 rings (SSSR count). The molecule has 0 bridgehead atoms. The van der Waals surface area contributed by atoms with Crippen LogP contribution in [-0.2, 0) is 16.6 Å². The lowest BCUT2D eigenvalue weighted by Crippen LogP contribution is -2.38. The highest BCUT2D eigenvalue weighted by atomic mass is 32.2. The number of para-hydroxylation sites is 1. The van der Waals surface area contributed by atoms with Crippen LogP contribution in [-0.4, -0.2) is 37.3 Å². The van der Waals surface area contributed by atoms with Gasteiger partial charge in [-0.25, -0.2) is 13.4 Å². The summed E-state index contributed by atoms with van der Waals surface area (Å²) in [4.78, 5) is 19.8. The fraction of sp³-hybridized carbons (Fsp3) is 0.360. The minimum absolute atomic E-state index is 0.0915. The number of aromatic nitrogens is 1. The summed E-state index contributed by atoms with van der Waals surface area (Å²) >= 11 is 1.40. The van der Waals surface area contributed by atoms with Gasteiger partial charge in [-0.2, -0.15) is 0 Å². The number of hydrogen-bond acceptors (Lipinski definition) is 6. The Labute approximate surface area is 205 Å². The van der Waals surface area contributed by atoms with Crippen LogP contribution in [0.2, 0.25) is 0 Å². The summed E-state index contributed by atoms with van der Waals surface area (Å²) < 4.78 is 28.0. The number of aryl methyl sites for hydroxylation is 1. The van der Waals surface area contributed by atoms with Gasteiger partial charge >= 0.3 is 0 Å². The lowest BCUT2D eigenvalue weighted by molar-refractivity contribution is 0.102. The van der Waals surface area contributed by atoms with Crippen LogP contribution in [0.15, 0.2) is 58.8 Å². The van der Waals surface area contributed by atoms with Crippen molar-refractivity contribution in [3.8, 4) is 0 Å². The van der Waals surface area contributed by atoms with Gasteiger partial charge in [0, 0.05) is 30.6 Å². The highest BCUT2D eigenvalue weighted by Gasteiger charge is 2.22. The second kappa shape index (κ2) is 10.2. The summed E-state index contributed by atoms with van der Waals surface area (Å²) in [6, 6.07) is 13.0. The second-order valence-corrected chi connectivity index (χ2v) is 11.7. The summed E-state index contributed by atoms with van der Waals surface area (Å²) in [5.41, 5.74) is 2.67. The number of nitrogens with one attached hydrogen (secondary N) is 2. The van der Waals surface area contributed by atoms with Gasteiger partial charge in [0.2, 0.25) is 0 Å². The van der Waals surface area contributed by atoms with Crippen molar-refractivity contribution in [3.63, 3.8) is 0 Å². The van der Waals surface area contributed by atoms with Gasteiger partial charge in [-0.05, 0) is 61.1 Å². The molecule has 2 N–H and O–H groups in total. The van der Waals surface area contributed by atoms with E-state index in [4.69, 9.17) is 0 Å². The molecule has 1 amide bonds. The van der Waals surface area contributed by atoms with Gasteiger partial charge in [-0.15, -0.1) is 11.3 Å². The van der Waals surface area contributed by atoms with Gasteiger partial charge in [0.15, 0.2) is 5.13 Å². The third-order valence-corrected chi connectivity index (χ3v) is 8.11. The van der Waals surface area contributed by atoms with Crippen molar-refractivity contribution < 1.29 is 13.2 Å². The molecule has 0 spiro atoms. The molecular formula is C25H30N4O3S2. The van der Waals surface area contributed by atoms with E-state index in [1.54, 1.807) is 12.1 Å². The molecule has 1 saturated heterocycles. The number of hydrogen-bond donors (Lipinski definition) is 2. The number of nitrogens with zero attached hydrogens (tertiary/aromatic N) is 2. The topological polar surface area (TPSA) is 91.4 Å². The van der Waals surface area contributed by atoms with Crippen LogP contribution >= 0.6 is 11.3 Å². The molecule has 9 heteroatoms. The molecule has 2 aromatic carbocycles. The maximum atomic E-state index is 12.7. The Hall–Kier alpha value is -2.75. The fourth-order valence-electron chi connectivity index (χ4n) is 4.43. The molecule has 1 fully saturated rings. The van der Waals surface area contributed by atoms with Crippen LogP contribution < -0.4 is 10.0 Å². The Kier molecular flexibility index (Phi) is 7.35. The predicted octanol–water partition coefficient (Wildman–Crippen LogP) is 4.98. The van der Waals surface area contributed by atoms with Crippen molar-refractivity contribution in [3.05, 3.63) is 70.7 Å². The summed E-state index contributed by atoms with van der Waals surface area (Å²) in [7, 11) is -3.75. The molecule has 1 aromatic heterocycles. The predicted molar refractivity (Wildman–Crippen MR) is 137 cm³/mol. The van der Waals surface area contributed by atoms with Crippen molar-refractivity contribution in [2.24, 2.45) is 11.8 Å². The molecule has 2 heterocycles. The number of thiazole rings is 1. The average Bonchev–Trinajstić information content (AvgIpc) is 3.21. The Balaban J connectivity index is 1.37. The monoisotopic (exact) mass is 498 g/mol. The first-order chi connectivity index (χ1) is 16.2. The number of likely N-dealkylation sites (tertiary alicyclic amines) is 1. The maximum absolute atomic E-state index is 12.7. The molecule has 34 heavy (non-hydrogen) atoms. The van der Waals surface area contributed by atoms with E-state index in [0.29, 0.717) is 28.2 Å². The molecule has 2 unspecified atom stereocenters. The summed E-state index contributed by atoms with van der Waals surface area (Å²) in [5, 5.41) is 5.34. The SMILES string of the molecule is Cc1ccccc1NS(=O)(=O)c1ccc(C(=O)Nc2nc(CN3CC(C)CC(C)C3)cs2)cc1. The van der Waals surface area contributed by atoms with Crippen molar-refractivity contribution >= 4 is 38.1 Å². The standard InChI is InChI=1S/C25H30N4O3S2/c1-17-12-18(2)14-29(13-17)15-21-16-33-25(26-21)27-24(30)20-8-10-22(11-9-20)34(31,32)28-23-7-5-4-6-19(23)3/h4-11,16-18,28H,12-15H2,1-3H3,(H,26,27,30). The average molecular weight is 499 g/mol. The largest absolute Gasteiger partial charge is 0.298 e. The lowest BCUT2D eigenvalue weighted by atomic mass is 9.92. The number of anilines is 2. The van der Waals surface area contributed by atoms with Crippen LogP contribution in [0.5, 0.6) is 0 Å². The number of amides is 1. The first kappa shape index (κ1) is 24.4. The molecule has 180 valence electrons. The number of carbonyl (C=O) groups is 1. The fourth-order valence-corrected chi connectivity index (χ4v) is 6.26. The third-order valence-electron chi connectivity index (χ3n) is 5.92. The number of rotatable bonds is 7. The highest BCUT2D eigenvalue weighted by molar-refractivity contribution is 7.92. The number of sulfonamides is 1. The minimum Gasteiger partial charge on any atom is -0.298 e. The number of carbonyl (C=O) groups excluding carboxylic acids is 1. The molecule has 2 atom stereocenters. The summed E-state index contributed by atoms with van der Waals surface area (Å²) in [5.74, 6) is 1.04.